The predicted molar refractivity (Wildman–Crippen MR) is 80.4 cm³/mol. The summed E-state index contributed by atoms with van der Waals surface area (Å²) in [6, 6.07) is 0. The maximum atomic E-state index is 9.84. The third kappa shape index (κ3) is 9.42. The van der Waals surface area contributed by atoms with Crippen LogP contribution in [0.5, 0.6) is 0 Å². The molecule has 3 nitrogen and oxygen atoms in total. The lowest BCUT2D eigenvalue weighted by Crippen LogP contribution is -2.33. The minimum absolute atomic E-state index is 0.355. The van der Waals surface area contributed by atoms with Gasteiger partial charge in [0.05, 0.1) is 18.8 Å². The molecule has 1 rings (SSSR count). The van der Waals surface area contributed by atoms with Gasteiger partial charge in [0.25, 0.3) is 0 Å². The summed E-state index contributed by atoms with van der Waals surface area (Å²) in [4.78, 5) is 0. The highest BCUT2D eigenvalue weighted by atomic mass is 16.5. The van der Waals surface area contributed by atoms with Crippen molar-refractivity contribution in [3.63, 3.8) is 0 Å². The van der Waals surface area contributed by atoms with Crippen molar-refractivity contribution < 1.29 is 9.84 Å². The quantitative estimate of drug-likeness (QED) is 0.600. The molecule has 19 heavy (non-hydrogen) atoms. The first-order chi connectivity index (χ1) is 9.18. The lowest BCUT2D eigenvalue weighted by Gasteiger charge is -2.23. The summed E-state index contributed by atoms with van der Waals surface area (Å²) in [5.74, 6) is 0.800. The molecule has 0 heterocycles. The van der Waals surface area contributed by atoms with Crippen LogP contribution in [0, 0.1) is 5.92 Å². The van der Waals surface area contributed by atoms with Crippen LogP contribution in [0.3, 0.4) is 0 Å². The standard InChI is InChI=1S/C16H33NO2/c1-14(2)8-6-7-11-17-12-15(18)13-19-16-9-4-3-5-10-16/h14-18H,3-13H2,1-2H3. The summed E-state index contributed by atoms with van der Waals surface area (Å²) in [6.45, 7) is 6.69. The molecule has 0 bridgehead atoms. The highest BCUT2D eigenvalue weighted by molar-refractivity contribution is 4.67. The van der Waals surface area contributed by atoms with Crippen molar-refractivity contribution in [3.8, 4) is 0 Å². The smallest absolute Gasteiger partial charge is 0.0897 e. The van der Waals surface area contributed by atoms with E-state index < -0.39 is 0 Å². The van der Waals surface area contributed by atoms with Gasteiger partial charge in [0, 0.05) is 6.54 Å². The molecule has 3 heteroatoms. The van der Waals surface area contributed by atoms with Gasteiger partial charge in [-0.2, -0.15) is 0 Å². The number of ether oxygens (including phenoxy) is 1. The van der Waals surface area contributed by atoms with Gasteiger partial charge in [-0.25, -0.2) is 0 Å². The van der Waals surface area contributed by atoms with E-state index in [-0.39, 0.29) is 6.10 Å². The molecule has 2 N–H and O–H groups in total. The summed E-state index contributed by atoms with van der Waals surface area (Å²) in [7, 11) is 0. The first kappa shape index (κ1) is 16.9. The van der Waals surface area contributed by atoms with Crippen LogP contribution in [-0.2, 0) is 4.74 Å². The number of rotatable bonds is 10. The summed E-state index contributed by atoms with van der Waals surface area (Å²) in [5, 5.41) is 13.2. The number of aliphatic hydroxyl groups excluding tert-OH is 1. The first-order valence-corrected chi connectivity index (χ1v) is 8.19. The average molecular weight is 271 g/mol. The van der Waals surface area contributed by atoms with Crippen LogP contribution in [0.25, 0.3) is 0 Å². The number of unbranched alkanes of at least 4 members (excludes halogenated alkanes) is 1. The summed E-state index contributed by atoms with van der Waals surface area (Å²) >= 11 is 0. The van der Waals surface area contributed by atoms with E-state index >= 15 is 0 Å². The molecule has 0 saturated heterocycles. The van der Waals surface area contributed by atoms with Gasteiger partial charge in [0.2, 0.25) is 0 Å². The highest BCUT2D eigenvalue weighted by Crippen LogP contribution is 2.20. The highest BCUT2D eigenvalue weighted by Gasteiger charge is 2.15. The van der Waals surface area contributed by atoms with Crippen molar-refractivity contribution in [2.45, 2.75) is 77.4 Å². The van der Waals surface area contributed by atoms with Crippen LogP contribution in [0.15, 0.2) is 0 Å². The van der Waals surface area contributed by atoms with Crippen molar-refractivity contribution in [2.75, 3.05) is 19.7 Å². The SMILES string of the molecule is CC(C)CCCCNCC(O)COC1CCCCC1. The number of hydrogen-bond donors (Lipinski definition) is 2. The monoisotopic (exact) mass is 271 g/mol. The second-order valence-electron chi connectivity index (χ2n) is 6.34. The Balaban J connectivity index is 1.88. The fourth-order valence-corrected chi connectivity index (χ4v) is 2.61. The third-order valence-corrected chi connectivity index (χ3v) is 3.84. The van der Waals surface area contributed by atoms with Crippen molar-refractivity contribution >= 4 is 0 Å². The molecule has 1 fully saturated rings. The van der Waals surface area contributed by atoms with E-state index in [2.05, 4.69) is 19.2 Å². The number of hydrogen-bond acceptors (Lipinski definition) is 3. The number of nitrogens with one attached hydrogen (secondary N) is 1. The molecule has 0 radical (unpaired) electrons. The molecule has 1 aliphatic rings. The molecule has 0 aromatic heterocycles. The molecule has 1 saturated carbocycles. The van der Waals surface area contributed by atoms with Gasteiger partial charge >= 0.3 is 0 Å². The molecular weight excluding hydrogens is 238 g/mol. The second kappa shape index (κ2) is 10.6. The second-order valence-corrected chi connectivity index (χ2v) is 6.34. The Morgan fingerprint density at radius 1 is 1.16 bits per heavy atom. The molecule has 0 spiro atoms. The van der Waals surface area contributed by atoms with Crippen LogP contribution in [0.2, 0.25) is 0 Å². The van der Waals surface area contributed by atoms with E-state index in [0.29, 0.717) is 19.3 Å². The van der Waals surface area contributed by atoms with Crippen LogP contribution < -0.4 is 5.32 Å². The molecule has 1 aliphatic carbocycles. The fraction of sp³-hybridized carbons (Fsp3) is 1.00. The Morgan fingerprint density at radius 3 is 2.58 bits per heavy atom. The Kier molecular flexibility index (Phi) is 9.48. The van der Waals surface area contributed by atoms with Gasteiger partial charge < -0.3 is 15.2 Å². The van der Waals surface area contributed by atoms with E-state index in [9.17, 15) is 5.11 Å². The Bertz CT molecular complexity index is 203. The molecule has 1 atom stereocenters. The van der Waals surface area contributed by atoms with E-state index in [4.69, 9.17) is 4.74 Å². The van der Waals surface area contributed by atoms with Gasteiger partial charge in [0.15, 0.2) is 0 Å². The summed E-state index contributed by atoms with van der Waals surface area (Å²) in [5.41, 5.74) is 0. The Labute approximate surface area is 119 Å². The fourth-order valence-electron chi connectivity index (χ4n) is 2.61. The van der Waals surface area contributed by atoms with Crippen LogP contribution in [0.4, 0.5) is 0 Å². The summed E-state index contributed by atoms with van der Waals surface area (Å²) < 4.78 is 5.76. The van der Waals surface area contributed by atoms with Crippen molar-refractivity contribution in [3.05, 3.63) is 0 Å². The van der Waals surface area contributed by atoms with Crippen LogP contribution >= 0.6 is 0 Å². The van der Waals surface area contributed by atoms with Crippen LogP contribution in [0.1, 0.15) is 65.2 Å². The summed E-state index contributed by atoms with van der Waals surface area (Å²) in [6.07, 6.45) is 10.1. The van der Waals surface area contributed by atoms with Gasteiger partial charge in [-0.05, 0) is 31.7 Å². The van der Waals surface area contributed by atoms with Crippen LogP contribution in [-0.4, -0.2) is 37.0 Å². The lowest BCUT2D eigenvalue weighted by molar-refractivity contribution is -0.0229. The van der Waals surface area contributed by atoms with Gasteiger partial charge in [-0.3, -0.25) is 0 Å². The zero-order valence-electron chi connectivity index (χ0n) is 12.9. The molecule has 0 aliphatic heterocycles. The minimum Gasteiger partial charge on any atom is -0.389 e. The third-order valence-electron chi connectivity index (χ3n) is 3.84. The van der Waals surface area contributed by atoms with E-state index in [1.165, 1.54) is 51.4 Å². The largest absolute Gasteiger partial charge is 0.389 e. The maximum absolute atomic E-state index is 9.84. The van der Waals surface area contributed by atoms with E-state index in [1.54, 1.807) is 0 Å². The Morgan fingerprint density at radius 2 is 1.89 bits per heavy atom. The van der Waals surface area contributed by atoms with E-state index in [1.807, 2.05) is 0 Å². The molecule has 114 valence electrons. The maximum Gasteiger partial charge on any atom is 0.0897 e. The van der Waals surface area contributed by atoms with Crippen molar-refractivity contribution in [2.24, 2.45) is 5.92 Å². The number of aliphatic hydroxyl groups is 1. The molecule has 0 aromatic carbocycles. The van der Waals surface area contributed by atoms with Crippen molar-refractivity contribution in [1.82, 2.24) is 5.32 Å². The lowest BCUT2D eigenvalue weighted by atomic mass is 9.98. The minimum atomic E-state index is -0.355. The molecule has 0 amide bonds. The van der Waals surface area contributed by atoms with Crippen molar-refractivity contribution in [1.29, 1.82) is 0 Å². The Hall–Kier alpha value is -0.120. The van der Waals surface area contributed by atoms with Gasteiger partial charge in [-0.15, -0.1) is 0 Å². The molecular formula is C16H33NO2. The van der Waals surface area contributed by atoms with Gasteiger partial charge in [0.1, 0.15) is 0 Å². The topological polar surface area (TPSA) is 41.5 Å². The molecule has 1 unspecified atom stereocenters. The van der Waals surface area contributed by atoms with E-state index in [0.717, 1.165) is 12.5 Å². The zero-order valence-corrected chi connectivity index (χ0v) is 12.9. The molecule has 0 aromatic rings. The average Bonchev–Trinajstić information content (AvgIpc) is 2.41. The first-order valence-electron chi connectivity index (χ1n) is 8.19. The van der Waals surface area contributed by atoms with Gasteiger partial charge in [-0.1, -0.05) is 46.0 Å². The predicted octanol–water partition coefficient (Wildman–Crippen LogP) is 3.11. The normalized spacial score (nSPS) is 18.9. The zero-order chi connectivity index (χ0) is 13.9.